The maximum absolute atomic E-state index is 13.6. The van der Waals surface area contributed by atoms with Gasteiger partial charge in [-0.2, -0.15) is 5.26 Å². The molecule has 30 heavy (non-hydrogen) atoms. The molecule has 2 rings (SSSR count). The Morgan fingerprint density at radius 2 is 1.67 bits per heavy atom. The molecule has 0 fully saturated rings. The van der Waals surface area contributed by atoms with E-state index in [2.05, 4.69) is 25.8 Å². The van der Waals surface area contributed by atoms with E-state index in [1.807, 2.05) is 6.07 Å². The number of halogens is 2. The van der Waals surface area contributed by atoms with Crippen molar-refractivity contribution in [3.8, 4) is 6.07 Å². The van der Waals surface area contributed by atoms with Gasteiger partial charge in [0.15, 0.2) is 5.82 Å². The van der Waals surface area contributed by atoms with Gasteiger partial charge in [-0.1, -0.05) is 83.7 Å². The number of hydrogen-bond donors (Lipinski definition) is 0. The molecule has 6 heteroatoms. The molecule has 0 spiro atoms. The number of nitrogens with zero attached hydrogens (tertiary/aromatic N) is 3. The molecule has 2 aromatic rings. The highest BCUT2D eigenvalue weighted by molar-refractivity contribution is 6.35. The standard InChI is InChI=1S/C24H35ClFN3O/c1-24(2,3)13-11-9-7-5-4-6-8-10-12-14-30-18-29-17-19(15-27)21-22(25)20(26)16-28-23(21)29/h16-17H,4-14,18H2,1-3H3. The van der Waals surface area contributed by atoms with E-state index in [0.29, 0.717) is 28.6 Å². The summed E-state index contributed by atoms with van der Waals surface area (Å²) in [6.07, 6.45) is 15.5. The lowest BCUT2D eigenvalue weighted by atomic mass is 9.89. The molecule has 0 N–H and O–H groups in total. The van der Waals surface area contributed by atoms with Crippen LogP contribution in [0.3, 0.4) is 0 Å². The average Bonchev–Trinajstić information content (AvgIpc) is 3.06. The fourth-order valence-corrected chi connectivity index (χ4v) is 3.87. The van der Waals surface area contributed by atoms with Crippen LogP contribution in [0.2, 0.25) is 5.02 Å². The number of aromatic nitrogens is 2. The van der Waals surface area contributed by atoms with Crippen LogP contribution in [0, 0.1) is 22.6 Å². The Morgan fingerprint density at radius 3 is 2.27 bits per heavy atom. The minimum Gasteiger partial charge on any atom is -0.361 e. The van der Waals surface area contributed by atoms with Crippen LogP contribution in [-0.4, -0.2) is 16.2 Å². The molecule has 0 amide bonds. The molecule has 0 saturated heterocycles. The number of pyridine rings is 1. The van der Waals surface area contributed by atoms with Crippen molar-refractivity contribution in [3.05, 3.63) is 28.8 Å². The summed E-state index contributed by atoms with van der Waals surface area (Å²) in [5, 5.41) is 9.54. The minimum atomic E-state index is -0.621. The molecule has 0 saturated carbocycles. The zero-order valence-corrected chi connectivity index (χ0v) is 19.4. The average molecular weight is 436 g/mol. The second kappa shape index (κ2) is 12.3. The van der Waals surface area contributed by atoms with Crippen molar-refractivity contribution in [1.82, 2.24) is 9.55 Å². The maximum atomic E-state index is 13.6. The summed E-state index contributed by atoms with van der Waals surface area (Å²) in [6.45, 7) is 7.88. The SMILES string of the molecule is CC(C)(C)CCCCCCCCCCCOCn1cc(C#N)c2c(Cl)c(F)cnc21. The number of hydrogen-bond acceptors (Lipinski definition) is 3. The summed E-state index contributed by atoms with van der Waals surface area (Å²) in [6, 6.07) is 2.04. The molecule has 0 aliphatic rings. The molecule has 4 nitrogen and oxygen atoms in total. The van der Waals surface area contributed by atoms with E-state index in [1.54, 1.807) is 10.8 Å². The van der Waals surface area contributed by atoms with Crippen molar-refractivity contribution in [3.63, 3.8) is 0 Å². The molecule has 0 aliphatic heterocycles. The van der Waals surface area contributed by atoms with E-state index in [-0.39, 0.29) is 11.8 Å². The first-order chi connectivity index (χ1) is 14.3. The highest BCUT2D eigenvalue weighted by atomic mass is 35.5. The number of ether oxygens (including phenoxy) is 1. The predicted molar refractivity (Wildman–Crippen MR) is 121 cm³/mol. The fraction of sp³-hybridized carbons (Fsp3) is 0.667. The van der Waals surface area contributed by atoms with Crippen molar-refractivity contribution >= 4 is 22.6 Å². The summed E-state index contributed by atoms with van der Waals surface area (Å²) in [7, 11) is 0. The fourth-order valence-electron chi connectivity index (χ4n) is 3.64. The first kappa shape index (κ1) is 24.6. The Bertz CT molecular complexity index is 836. The largest absolute Gasteiger partial charge is 0.361 e. The van der Waals surface area contributed by atoms with Crippen LogP contribution < -0.4 is 0 Å². The van der Waals surface area contributed by atoms with Gasteiger partial charge in [0.25, 0.3) is 0 Å². The van der Waals surface area contributed by atoms with Crippen LogP contribution in [-0.2, 0) is 11.5 Å². The van der Waals surface area contributed by atoms with Crippen molar-refractivity contribution < 1.29 is 9.13 Å². The van der Waals surface area contributed by atoms with Gasteiger partial charge in [0.1, 0.15) is 18.4 Å². The zero-order chi connectivity index (χ0) is 22.0. The van der Waals surface area contributed by atoms with Crippen molar-refractivity contribution in [1.29, 1.82) is 5.26 Å². The van der Waals surface area contributed by atoms with Gasteiger partial charge in [-0.05, 0) is 18.3 Å². The minimum absolute atomic E-state index is 0.0653. The van der Waals surface area contributed by atoms with Crippen LogP contribution >= 0.6 is 11.6 Å². The molecule has 0 aliphatic carbocycles. The number of unbranched alkanes of at least 4 members (excludes halogenated alkanes) is 8. The van der Waals surface area contributed by atoms with Gasteiger partial charge in [0, 0.05) is 12.8 Å². The molecule has 166 valence electrons. The van der Waals surface area contributed by atoms with Crippen LogP contribution in [0.4, 0.5) is 4.39 Å². The van der Waals surface area contributed by atoms with E-state index < -0.39 is 5.82 Å². The molecule has 0 radical (unpaired) electrons. The van der Waals surface area contributed by atoms with Crippen LogP contribution in [0.15, 0.2) is 12.4 Å². The van der Waals surface area contributed by atoms with E-state index in [0.717, 1.165) is 19.0 Å². The smallest absolute Gasteiger partial charge is 0.160 e. The molecular formula is C24H35ClFN3O. The quantitative estimate of drug-likeness (QED) is 0.304. The van der Waals surface area contributed by atoms with Gasteiger partial charge >= 0.3 is 0 Å². The monoisotopic (exact) mass is 435 g/mol. The third kappa shape index (κ3) is 7.89. The van der Waals surface area contributed by atoms with Crippen molar-refractivity contribution in [2.75, 3.05) is 6.61 Å². The summed E-state index contributed by atoms with van der Waals surface area (Å²) in [4.78, 5) is 4.07. The molecule has 0 bridgehead atoms. The third-order valence-electron chi connectivity index (χ3n) is 5.35. The Labute approximate surface area is 185 Å². The van der Waals surface area contributed by atoms with Crippen molar-refractivity contribution in [2.24, 2.45) is 5.41 Å². The van der Waals surface area contributed by atoms with Gasteiger partial charge in [-0.25, -0.2) is 9.37 Å². The molecule has 2 heterocycles. The van der Waals surface area contributed by atoms with Crippen LogP contribution in [0.25, 0.3) is 11.0 Å². The van der Waals surface area contributed by atoms with E-state index in [1.165, 1.54) is 51.4 Å². The number of fused-ring (bicyclic) bond motifs is 1. The molecule has 0 unspecified atom stereocenters. The van der Waals surface area contributed by atoms with Gasteiger partial charge in [0.2, 0.25) is 0 Å². The zero-order valence-electron chi connectivity index (χ0n) is 18.6. The molecule has 0 aromatic carbocycles. The Morgan fingerprint density at radius 1 is 1.07 bits per heavy atom. The first-order valence-electron chi connectivity index (χ1n) is 11.1. The third-order valence-corrected chi connectivity index (χ3v) is 5.72. The Hall–Kier alpha value is -1.64. The van der Waals surface area contributed by atoms with Gasteiger partial charge in [0.05, 0.1) is 22.2 Å². The highest BCUT2D eigenvalue weighted by Gasteiger charge is 2.16. The summed E-state index contributed by atoms with van der Waals surface area (Å²) in [5.74, 6) is -0.621. The van der Waals surface area contributed by atoms with Gasteiger partial charge in [-0.15, -0.1) is 0 Å². The van der Waals surface area contributed by atoms with Crippen LogP contribution in [0.5, 0.6) is 0 Å². The molecule has 2 aromatic heterocycles. The van der Waals surface area contributed by atoms with Crippen LogP contribution in [0.1, 0.15) is 90.5 Å². The van der Waals surface area contributed by atoms with E-state index in [9.17, 15) is 9.65 Å². The summed E-state index contributed by atoms with van der Waals surface area (Å²) < 4.78 is 21.1. The lowest BCUT2D eigenvalue weighted by Gasteiger charge is -2.17. The Balaban J connectivity index is 1.56. The maximum Gasteiger partial charge on any atom is 0.160 e. The van der Waals surface area contributed by atoms with E-state index in [4.69, 9.17) is 16.3 Å². The van der Waals surface area contributed by atoms with Crippen molar-refractivity contribution in [2.45, 2.75) is 91.7 Å². The highest BCUT2D eigenvalue weighted by Crippen LogP contribution is 2.29. The summed E-state index contributed by atoms with van der Waals surface area (Å²) in [5.41, 5.74) is 1.25. The predicted octanol–water partition coefficient (Wildman–Crippen LogP) is 7.62. The number of nitriles is 1. The lowest BCUT2D eigenvalue weighted by Crippen LogP contribution is -2.03. The Kier molecular flexibility index (Phi) is 10.1. The topological polar surface area (TPSA) is 50.8 Å². The summed E-state index contributed by atoms with van der Waals surface area (Å²) >= 11 is 6.00. The molecular weight excluding hydrogens is 401 g/mol. The second-order valence-electron chi connectivity index (χ2n) is 9.27. The molecule has 0 atom stereocenters. The normalized spacial score (nSPS) is 11.9. The van der Waals surface area contributed by atoms with Gasteiger partial charge in [-0.3, -0.25) is 0 Å². The van der Waals surface area contributed by atoms with Gasteiger partial charge < -0.3 is 9.30 Å². The van der Waals surface area contributed by atoms with E-state index >= 15 is 0 Å². The number of rotatable bonds is 13. The first-order valence-corrected chi connectivity index (χ1v) is 11.5. The second-order valence-corrected chi connectivity index (χ2v) is 9.65. The lowest BCUT2D eigenvalue weighted by molar-refractivity contribution is 0.0763.